The maximum atomic E-state index is 12.6. The van der Waals surface area contributed by atoms with Crippen LogP contribution in [0.25, 0.3) is 0 Å². The van der Waals surface area contributed by atoms with Gasteiger partial charge >= 0.3 is 6.03 Å². The highest BCUT2D eigenvalue weighted by atomic mass is 16.5. The van der Waals surface area contributed by atoms with Gasteiger partial charge in [0.05, 0.1) is 6.20 Å². The van der Waals surface area contributed by atoms with E-state index in [0.29, 0.717) is 42.0 Å². The predicted molar refractivity (Wildman–Crippen MR) is 102 cm³/mol. The highest BCUT2D eigenvalue weighted by Gasteiger charge is 2.27. The monoisotopic (exact) mass is 379 g/mol. The number of aryl methyl sites for hydroxylation is 1. The van der Waals surface area contributed by atoms with Gasteiger partial charge in [-0.15, -0.1) is 0 Å². The molecule has 0 unspecified atom stereocenters. The smallest absolute Gasteiger partial charge is 0.321 e. The molecule has 8 nitrogen and oxygen atoms in total. The van der Waals surface area contributed by atoms with Crippen molar-refractivity contribution in [3.8, 4) is 11.5 Å². The predicted octanol–water partition coefficient (Wildman–Crippen LogP) is 3.98. The van der Waals surface area contributed by atoms with E-state index in [4.69, 9.17) is 9.26 Å². The van der Waals surface area contributed by atoms with Crippen LogP contribution in [0.4, 0.5) is 10.5 Å². The Labute approximate surface area is 162 Å². The van der Waals surface area contributed by atoms with Crippen molar-refractivity contribution in [3.63, 3.8) is 0 Å². The van der Waals surface area contributed by atoms with Crippen LogP contribution < -0.4 is 10.1 Å². The van der Waals surface area contributed by atoms with Gasteiger partial charge in [0.1, 0.15) is 11.5 Å². The lowest BCUT2D eigenvalue weighted by Gasteiger charge is -2.31. The van der Waals surface area contributed by atoms with E-state index in [0.717, 1.165) is 12.8 Å². The summed E-state index contributed by atoms with van der Waals surface area (Å²) in [6, 6.07) is 10.8. The molecular formula is C20H21N5O3. The number of pyridine rings is 1. The van der Waals surface area contributed by atoms with Gasteiger partial charge in [-0.05, 0) is 49.2 Å². The molecule has 3 heterocycles. The van der Waals surface area contributed by atoms with Gasteiger partial charge in [-0.1, -0.05) is 5.16 Å². The van der Waals surface area contributed by atoms with Crippen LogP contribution in [-0.4, -0.2) is 39.1 Å². The Balaban J connectivity index is 1.35. The van der Waals surface area contributed by atoms with E-state index >= 15 is 0 Å². The summed E-state index contributed by atoms with van der Waals surface area (Å²) in [6.07, 6.45) is 5.19. The van der Waals surface area contributed by atoms with Gasteiger partial charge in [0.25, 0.3) is 0 Å². The van der Waals surface area contributed by atoms with Crippen molar-refractivity contribution in [2.45, 2.75) is 25.7 Å². The van der Waals surface area contributed by atoms with E-state index in [1.54, 1.807) is 24.2 Å². The van der Waals surface area contributed by atoms with Crippen molar-refractivity contribution < 1.29 is 14.1 Å². The number of amides is 2. The third kappa shape index (κ3) is 4.28. The number of hydrogen-bond acceptors (Lipinski definition) is 6. The summed E-state index contributed by atoms with van der Waals surface area (Å²) >= 11 is 0. The highest BCUT2D eigenvalue weighted by Crippen LogP contribution is 2.26. The van der Waals surface area contributed by atoms with Crippen LogP contribution in [0.1, 0.15) is 30.5 Å². The molecule has 0 aliphatic carbocycles. The summed E-state index contributed by atoms with van der Waals surface area (Å²) in [5.41, 5.74) is 0.709. The van der Waals surface area contributed by atoms with E-state index in [-0.39, 0.29) is 11.9 Å². The summed E-state index contributed by atoms with van der Waals surface area (Å²) < 4.78 is 10.8. The number of likely N-dealkylation sites (tertiary alicyclic amines) is 1. The molecule has 1 aliphatic heterocycles. The number of aromatic nitrogens is 3. The number of piperidine rings is 1. The van der Waals surface area contributed by atoms with E-state index in [2.05, 4.69) is 20.4 Å². The first-order valence-corrected chi connectivity index (χ1v) is 9.21. The topological polar surface area (TPSA) is 93.4 Å². The molecular weight excluding hydrogens is 358 g/mol. The van der Waals surface area contributed by atoms with Gasteiger partial charge < -0.3 is 19.5 Å². The van der Waals surface area contributed by atoms with Gasteiger partial charge in [-0.25, -0.2) is 4.79 Å². The number of carbonyl (C=O) groups is 1. The van der Waals surface area contributed by atoms with Crippen molar-refractivity contribution in [1.29, 1.82) is 0 Å². The van der Waals surface area contributed by atoms with Crippen LogP contribution in [0.15, 0.2) is 53.3 Å². The maximum Gasteiger partial charge on any atom is 0.321 e. The van der Waals surface area contributed by atoms with Gasteiger partial charge in [0.15, 0.2) is 5.82 Å². The zero-order valence-corrected chi connectivity index (χ0v) is 15.5. The average molecular weight is 379 g/mol. The molecule has 0 bridgehead atoms. The van der Waals surface area contributed by atoms with Crippen molar-refractivity contribution in [1.82, 2.24) is 20.0 Å². The maximum absolute atomic E-state index is 12.6. The molecule has 1 N–H and O–H groups in total. The third-order valence-corrected chi connectivity index (χ3v) is 4.59. The molecule has 4 rings (SSSR count). The zero-order valence-electron chi connectivity index (χ0n) is 15.5. The molecule has 1 aromatic carbocycles. The SMILES string of the molecule is Cc1nc([C@H]2CCCN(C(=O)Nc3ccc(Oc4cccnc4)cc3)C2)no1. The van der Waals surface area contributed by atoms with E-state index < -0.39 is 0 Å². The average Bonchev–Trinajstić information content (AvgIpc) is 3.17. The first kappa shape index (κ1) is 18.0. The fourth-order valence-electron chi connectivity index (χ4n) is 3.21. The van der Waals surface area contributed by atoms with E-state index in [1.807, 2.05) is 36.4 Å². The summed E-state index contributed by atoms with van der Waals surface area (Å²) in [5, 5.41) is 6.93. The van der Waals surface area contributed by atoms with Crippen molar-refractivity contribution in [2.75, 3.05) is 18.4 Å². The summed E-state index contributed by atoms with van der Waals surface area (Å²) in [5.74, 6) is 2.66. The second-order valence-corrected chi connectivity index (χ2v) is 6.70. The number of rotatable bonds is 4. The molecule has 1 saturated heterocycles. The number of benzene rings is 1. The molecule has 2 amide bonds. The zero-order chi connectivity index (χ0) is 19.3. The molecule has 0 radical (unpaired) electrons. The molecule has 0 saturated carbocycles. The highest BCUT2D eigenvalue weighted by molar-refractivity contribution is 5.89. The molecule has 8 heteroatoms. The molecule has 0 spiro atoms. The Bertz CT molecular complexity index is 927. The molecule has 1 fully saturated rings. The minimum absolute atomic E-state index is 0.104. The Morgan fingerprint density at radius 1 is 1.25 bits per heavy atom. The summed E-state index contributed by atoms with van der Waals surface area (Å²) in [7, 11) is 0. The second kappa shape index (κ2) is 8.08. The minimum atomic E-state index is -0.133. The van der Waals surface area contributed by atoms with Crippen LogP contribution in [0.5, 0.6) is 11.5 Å². The number of hydrogen-bond donors (Lipinski definition) is 1. The van der Waals surface area contributed by atoms with Crippen molar-refractivity contribution in [2.24, 2.45) is 0 Å². The first-order valence-electron chi connectivity index (χ1n) is 9.21. The summed E-state index contributed by atoms with van der Waals surface area (Å²) in [6.45, 7) is 3.06. The molecule has 2 aromatic heterocycles. The fraction of sp³-hybridized carbons (Fsp3) is 0.300. The Kier molecular flexibility index (Phi) is 5.18. The lowest BCUT2D eigenvalue weighted by Crippen LogP contribution is -2.41. The van der Waals surface area contributed by atoms with Crippen molar-refractivity contribution >= 4 is 11.7 Å². The number of nitrogens with zero attached hydrogens (tertiary/aromatic N) is 4. The van der Waals surface area contributed by atoms with Crippen LogP contribution >= 0.6 is 0 Å². The minimum Gasteiger partial charge on any atom is -0.456 e. The normalized spacial score (nSPS) is 16.6. The quantitative estimate of drug-likeness (QED) is 0.737. The standard InChI is InChI=1S/C20H21N5O3/c1-14-22-19(24-28-14)15-4-3-11-25(13-15)20(26)23-16-6-8-17(9-7-16)27-18-5-2-10-21-12-18/h2,5-10,12,15H,3-4,11,13H2,1H3,(H,23,26)/t15-/m0/s1. The third-order valence-electron chi connectivity index (χ3n) is 4.59. The molecule has 1 aliphatic rings. The Morgan fingerprint density at radius 3 is 2.82 bits per heavy atom. The number of nitrogens with one attached hydrogen (secondary N) is 1. The van der Waals surface area contributed by atoms with Crippen LogP contribution in [0.3, 0.4) is 0 Å². The largest absolute Gasteiger partial charge is 0.456 e. The molecule has 144 valence electrons. The van der Waals surface area contributed by atoms with Crippen LogP contribution in [0.2, 0.25) is 0 Å². The first-order chi connectivity index (χ1) is 13.7. The van der Waals surface area contributed by atoms with Crippen LogP contribution in [-0.2, 0) is 0 Å². The fourth-order valence-corrected chi connectivity index (χ4v) is 3.21. The second-order valence-electron chi connectivity index (χ2n) is 6.70. The van der Waals surface area contributed by atoms with Crippen molar-refractivity contribution in [3.05, 3.63) is 60.5 Å². The summed E-state index contributed by atoms with van der Waals surface area (Å²) in [4.78, 5) is 22.7. The number of urea groups is 1. The van der Waals surface area contributed by atoms with E-state index in [9.17, 15) is 4.79 Å². The Morgan fingerprint density at radius 2 is 2.11 bits per heavy atom. The van der Waals surface area contributed by atoms with Gasteiger partial charge in [0.2, 0.25) is 5.89 Å². The van der Waals surface area contributed by atoms with Gasteiger partial charge in [0, 0.05) is 37.8 Å². The number of anilines is 1. The molecule has 1 atom stereocenters. The lowest BCUT2D eigenvalue weighted by molar-refractivity contribution is 0.190. The lowest BCUT2D eigenvalue weighted by atomic mass is 9.98. The van der Waals surface area contributed by atoms with E-state index in [1.165, 1.54) is 0 Å². The molecule has 28 heavy (non-hydrogen) atoms. The van der Waals surface area contributed by atoms with Gasteiger partial charge in [-0.3, -0.25) is 4.98 Å². The number of carbonyl (C=O) groups excluding carboxylic acids is 1. The number of ether oxygens (including phenoxy) is 1. The van der Waals surface area contributed by atoms with Crippen LogP contribution in [0, 0.1) is 6.92 Å². The Hall–Kier alpha value is -3.42. The molecule has 3 aromatic rings. The van der Waals surface area contributed by atoms with Gasteiger partial charge in [-0.2, -0.15) is 4.98 Å².